The van der Waals surface area contributed by atoms with Crippen molar-refractivity contribution in [2.75, 3.05) is 6.54 Å². The molecule has 1 saturated carbocycles. The molecule has 7 nitrogen and oxygen atoms in total. The minimum atomic E-state index is -0.0873. The van der Waals surface area contributed by atoms with Crippen molar-refractivity contribution >= 4 is 11.7 Å². The molecule has 1 aromatic heterocycles. The fourth-order valence-corrected chi connectivity index (χ4v) is 1.65. The Morgan fingerprint density at radius 1 is 1.71 bits per heavy atom. The molecule has 0 aliphatic heterocycles. The van der Waals surface area contributed by atoms with Crippen molar-refractivity contribution in [2.24, 2.45) is 10.9 Å². The van der Waals surface area contributed by atoms with Gasteiger partial charge in [0, 0.05) is 25.2 Å². The van der Waals surface area contributed by atoms with Crippen molar-refractivity contribution in [3.05, 3.63) is 18.0 Å². The van der Waals surface area contributed by atoms with Crippen LogP contribution in [0.1, 0.15) is 29.8 Å². The van der Waals surface area contributed by atoms with Gasteiger partial charge in [-0.2, -0.15) is 5.10 Å². The van der Waals surface area contributed by atoms with Gasteiger partial charge in [-0.1, -0.05) is 5.16 Å². The molecule has 2 rings (SSSR count). The van der Waals surface area contributed by atoms with Gasteiger partial charge in [0.25, 0.3) is 5.91 Å². The summed E-state index contributed by atoms with van der Waals surface area (Å²) in [5, 5.41) is 17.8. The molecule has 0 spiro atoms. The summed E-state index contributed by atoms with van der Waals surface area (Å²) in [7, 11) is 0. The first-order valence-electron chi connectivity index (χ1n) is 5.49. The summed E-state index contributed by atoms with van der Waals surface area (Å²) in [6, 6.07) is 1.92. The van der Waals surface area contributed by atoms with Crippen LogP contribution >= 0.6 is 0 Å². The van der Waals surface area contributed by atoms with Crippen molar-refractivity contribution in [3.63, 3.8) is 0 Å². The van der Waals surface area contributed by atoms with Crippen molar-refractivity contribution in [1.82, 2.24) is 15.1 Å². The van der Waals surface area contributed by atoms with Gasteiger partial charge in [-0.05, 0) is 18.9 Å². The van der Waals surface area contributed by atoms with Gasteiger partial charge in [0.1, 0.15) is 11.5 Å². The number of hydrogen-bond donors (Lipinski definition) is 3. The minimum Gasteiger partial charge on any atom is -0.409 e. The zero-order valence-corrected chi connectivity index (χ0v) is 9.33. The molecular weight excluding hydrogens is 222 g/mol. The lowest BCUT2D eigenvalue weighted by molar-refractivity contribution is 0.0741. The summed E-state index contributed by atoms with van der Waals surface area (Å²) in [6.45, 7) is 0.457. The van der Waals surface area contributed by atoms with Crippen LogP contribution in [0.2, 0.25) is 0 Å². The second-order valence-electron chi connectivity index (χ2n) is 4.04. The molecule has 17 heavy (non-hydrogen) atoms. The highest BCUT2D eigenvalue weighted by Crippen LogP contribution is 2.28. The van der Waals surface area contributed by atoms with Crippen LogP contribution in [0.4, 0.5) is 0 Å². The maximum atomic E-state index is 12.1. The van der Waals surface area contributed by atoms with Crippen LogP contribution in [0.5, 0.6) is 0 Å². The smallest absolute Gasteiger partial charge is 0.272 e. The second-order valence-corrected chi connectivity index (χ2v) is 4.04. The number of nitrogens with two attached hydrogens (primary N) is 1. The molecular formula is C10H15N5O2. The summed E-state index contributed by atoms with van der Waals surface area (Å²) in [5.74, 6) is 0.0452. The number of carbonyl (C=O) groups excluding carboxylic acids is 1. The minimum absolute atomic E-state index is 0.0873. The number of rotatable bonds is 5. The van der Waals surface area contributed by atoms with Gasteiger partial charge in [-0.15, -0.1) is 0 Å². The third kappa shape index (κ3) is 2.74. The number of hydrogen-bond acceptors (Lipinski definition) is 4. The number of nitrogens with zero attached hydrogens (tertiary/aromatic N) is 3. The third-order valence-corrected chi connectivity index (χ3v) is 2.72. The largest absolute Gasteiger partial charge is 0.409 e. The van der Waals surface area contributed by atoms with Crippen LogP contribution in [0, 0.1) is 0 Å². The van der Waals surface area contributed by atoms with E-state index in [-0.39, 0.29) is 17.8 Å². The van der Waals surface area contributed by atoms with Crippen molar-refractivity contribution in [1.29, 1.82) is 0 Å². The molecule has 1 amide bonds. The number of H-pyrrole nitrogens is 1. The highest BCUT2D eigenvalue weighted by atomic mass is 16.4. The normalized spacial score (nSPS) is 15.9. The Hall–Kier alpha value is -2.05. The molecule has 0 aromatic carbocycles. The van der Waals surface area contributed by atoms with Gasteiger partial charge < -0.3 is 15.8 Å². The van der Waals surface area contributed by atoms with Crippen LogP contribution in [0.15, 0.2) is 17.4 Å². The number of aromatic nitrogens is 2. The molecule has 0 saturated heterocycles. The van der Waals surface area contributed by atoms with E-state index < -0.39 is 0 Å². The topological polar surface area (TPSA) is 108 Å². The monoisotopic (exact) mass is 237 g/mol. The standard InChI is InChI=1S/C10H15N5O2/c11-9(14-17)4-6-15(7-1-2-7)10(16)8-3-5-12-13-8/h3,5,7,17H,1-2,4,6H2,(H2,11,14)(H,12,13). The summed E-state index contributed by atoms with van der Waals surface area (Å²) >= 11 is 0. The molecule has 7 heteroatoms. The van der Waals surface area contributed by atoms with Crippen molar-refractivity contribution in [2.45, 2.75) is 25.3 Å². The summed E-state index contributed by atoms with van der Waals surface area (Å²) in [6.07, 6.45) is 3.93. The van der Waals surface area contributed by atoms with E-state index in [4.69, 9.17) is 10.9 Å². The van der Waals surface area contributed by atoms with E-state index in [1.165, 1.54) is 0 Å². The van der Waals surface area contributed by atoms with Gasteiger partial charge >= 0.3 is 0 Å². The molecule has 0 radical (unpaired) electrons. The van der Waals surface area contributed by atoms with E-state index in [1.807, 2.05) is 0 Å². The number of nitrogens with one attached hydrogen (secondary N) is 1. The number of aromatic amines is 1. The Kier molecular flexibility index (Phi) is 3.27. The average Bonchev–Trinajstić information content (AvgIpc) is 3.02. The zero-order chi connectivity index (χ0) is 12.3. The van der Waals surface area contributed by atoms with Crippen molar-refractivity contribution in [3.8, 4) is 0 Å². The van der Waals surface area contributed by atoms with E-state index in [9.17, 15) is 4.79 Å². The van der Waals surface area contributed by atoms with Crippen molar-refractivity contribution < 1.29 is 10.0 Å². The number of carbonyl (C=O) groups is 1. The van der Waals surface area contributed by atoms with Crippen LogP contribution in [-0.2, 0) is 0 Å². The Morgan fingerprint density at radius 3 is 3.00 bits per heavy atom. The van der Waals surface area contributed by atoms with E-state index >= 15 is 0 Å². The first-order valence-corrected chi connectivity index (χ1v) is 5.49. The van der Waals surface area contributed by atoms with E-state index in [2.05, 4.69) is 15.4 Å². The Balaban J connectivity index is 2.00. The fraction of sp³-hybridized carbons (Fsp3) is 0.500. The Morgan fingerprint density at radius 2 is 2.47 bits per heavy atom. The highest BCUT2D eigenvalue weighted by Gasteiger charge is 2.33. The Bertz CT molecular complexity index is 410. The quantitative estimate of drug-likeness (QED) is 0.293. The molecule has 1 fully saturated rings. The van der Waals surface area contributed by atoms with E-state index in [0.29, 0.717) is 18.7 Å². The Labute approximate surface area is 98.3 Å². The summed E-state index contributed by atoms with van der Waals surface area (Å²) < 4.78 is 0. The third-order valence-electron chi connectivity index (χ3n) is 2.72. The predicted molar refractivity (Wildman–Crippen MR) is 60.7 cm³/mol. The molecule has 4 N–H and O–H groups in total. The van der Waals surface area contributed by atoms with Crippen LogP contribution in [-0.4, -0.2) is 44.6 Å². The SMILES string of the molecule is NC(CCN(C(=O)c1ccn[nH]1)C1CC1)=NO. The fourth-order valence-electron chi connectivity index (χ4n) is 1.65. The molecule has 0 atom stereocenters. The van der Waals surface area contributed by atoms with Gasteiger partial charge in [-0.3, -0.25) is 9.89 Å². The summed E-state index contributed by atoms with van der Waals surface area (Å²) in [5.41, 5.74) is 5.87. The lowest BCUT2D eigenvalue weighted by Crippen LogP contribution is -2.36. The number of amidine groups is 1. The second kappa shape index (κ2) is 4.86. The maximum Gasteiger partial charge on any atom is 0.272 e. The van der Waals surface area contributed by atoms with Gasteiger partial charge in [0.15, 0.2) is 0 Å². The molecule has 0 bridgehead atoms. The predicted octanol–water partition coefficient (Wildman–Crippen LogP) is 0.151. The van der Waals surface area contributed by atoms with Crippen LogP contribution in [0.25, 0.3) is 0 Å². The first kappa shape index (κ1) is 11.4. The van der Waals surface area contributed by atoms with Gasteiger partial charge in [0.2, 0.25) is 0 Å². The lowest BCUT2D eigenvalue weighted by Gasteiger charge is -2.21. The zero-order valence-electron chi connectivity index (χ0n) is 9.33. The molecule has 1 heterocycles. The van der Waals surface area contributed by atoms with Crippen LogP contribution in [0.3, 0.4) is 0 Å². The van der Waals surface area contributed by atoms with Gasteiger partial charge in [-0.25, -0.2) is 0 Å². The average molecular weight is 237 g/mol. The molecule has 1 aliphatic rings. The molecule has 92 valence electrons. The van der Waals surface area contributed by atoms with Crippen LogP contribution < -0.4 is 5.73 Å². The molecule has 1 aliphatic carbocycles. The maximum absolute atomic E-state index is 12.1. The van der Waals surface area contributed by atoms with Gasteiger partial charge in [0.05, 0.1) is 0 Å². The van der Waals surface area contributed by atoms with E-state index in [0.717, 1.165) is 12.8 Å². The highest BCUT2D eigenvalue weighted by molar-refractivity contribution is 5.93. The van der Waals surface area contributed by atoms with E-state index in [1.54, 1.807) is 17.2 Å². The number of amides is 1. The first-order chi connectivity index (χ1) is 8.22. The lowest BCUT2D eigenvalue weighted by atomic mass is 10.3. The molecule has 0 unspecified atom stereocenters. The number of oxime groups is 1. The molecule has 1 aromatic rings. The summed E-state index contributed by atoms with van der Waals surface area (Å²) in [4.78, 5) is 13.8.